The summed E-state index contributed by atoms with van der Waals surface area (Å²) in [5.41, 5.74) is 0.830. The van der Waals surface area contributed by atoms with Crippen molar-refractivity contribution in [3.8, 4) is 17.2 Å². The Hall–Kier alpha value is -2.75. The van der Waals surface area contributed by atoms with Crippen LogP contribution in [0.1, 0.15) is 16.6 Å². The van der Waals surface area contributed by atoms with Gasteiger partial charge in [0.25, 0.3) is 5.91 Å². The second-order valence-electron chi connectivity index (χ2n) is 7.88. The van der Waals surface area contributed by atoms with Gasteiger partial charge in [0.1, 0.15) is 29.9 Å². The highest BCUT2D eigenvalue weighted by atomic mass is 35.5. The Balaban J connectivity index is 1.39. The van der Waals surface area contributed by atoms with Gasteiger partial charge >= 0.3 is 0 Å². The number of carbonyl (C=O) groups excluding carboxylic acids is 1. The van der Waals surface area contributed by atoms with Crippen LogP contribution >= 0.6 is 57.7 Å². The number of ether oxygens (including phenoxy) is 3. The van der Waals surface area contributed by atoms with E-state index in [1.54, 1.807) is 48.4 Å². The molecule has 2 heterocycles. The number of hydrogen-bond donors (Lipinski definition) is 0. The van der Waals surface area contributed by atoms with E-state index in [2.05, 4.69) is 10.2 Å². The quantitative estimate of drug-likeness (QED) is 0.199. The third-order valence-electron chi connectivity index (χ3n) is 5.56. The molecule has 1 aromatic heterocycles. The molecule has 0 spiro atoms. The summed E-state index contributed by atoms with van der Waals surface area (Å²) in [5.74, 6) is 1.23. The summed E-state index contributed by atoms with van der Waals surface area (Å²) in [6.45, 7) is 0.120. The van der Waals surface area contributed by atoms with E-state index in [-0.39, 0.29) is 12.5 Å². The Bertz CT molecular complexity index is 1450. The van der Waals surface area contributed by atoms with Crippen molar-refractivity contribution in [2.45, 2.75) is 18.8 Å². The first-order valence-corrected chi connectivity index (χ1v) is 13.2. The molecule has 0 saturated carbocycles. The van der Waals surface area contributed by atoms with Gasteiger partial charge in [-0.3, -0.25) is 9.69 Å². The van der Waals surface area contributed by atoms with Gasteiger partial charge in [-0.25, -0.2) is 0 Å². The van der Waals surface area contributed by atoms with Crippen LogP contribution in [0.25, 0.3) is 0 Å². The first-order valence-electron chi connectivity index (χ1n) is 10.8. The molecule has 2 unspecified atom stereocenters. The highest BCUT2D eigenvalue weighted by molar-refractivity contribution is 7.15. The molecule has 2 atom stereocenters. The fourth-order valence-electron chi connectivity index (χ4n) is 3.76. The second kappa shape index (κ2) is 10.9. The van der Waals surface area contributed by atoms with Crippen molar-refractivity contribution in [2.75, 3.05) is 12.0 Å². The zero-order chi connectivity index (χ0) is 26.1. The second-order valence-corrected chi connectivity index (χ2v) is 10.6. The summed E-state index contributed by atoms with van der Waals surface area (Å²) in [5, 5.41) is 11.1. The van der Waals surface area contributed by atoms with Crippen molar-refractivity contribution in [2.24, 2.45) is 0 Å². The topological polar surface area (TPSA) is 73.8 Å². The van der Waals surface area contributed by atoms with Crippen molar-refractivity contribution in [3.05, 3.63) is 91.3 Å². The number of halogens is 4. The van der Waals surface area contributed by atoms with Crippen molar-refractivity contribution in [1.29, 1.82) is 0 Å². The average Bonchev–Trinajstić information content (AvgIpc) is 3.34. The Morgan fingerprint density at radius 2 is 1.54 bits per heavy atom. The van der Waals surface area contributed by atoms with Crippen molar-refractivity contribution < 1.29 is 19.0 Å². The molecule has 4 aromatic rings. The van der Waals surface area contributed by atoms with Crippen LogP contribution in [-0.4, -0.2) is 29.3 Å². The first-order chi connectivity index (χ1) is 17.8. The summed E-state index contributed by atoms with van der Waals surface area (Å²) >= 11 is 25.7. The minimum atomic E-state index is -0.830. The predicted octanol–water partition coefficient (Wildman–Crippen LogP) is 7.27. The summed E-state index contributed by atoms with van der Waals surface area (Å²) in [6.07, 6.45) is -0.830. The highest BCUT2D eigenvalue weighted by Crippen LogP contribution is 2.44. The Morgan fingerprint density at radius 3 is 2.16 bits per heavy atom. The maximum Gasteiger partial charge on any atom is 0.273 e. The first kappa shape index (κ1) is 25.9. The van der Waals surface area contributed by atoms with Gasteiger partial charge in [-0.05, 0) is 54.1 Å². The number of benzene rings is 3. The fourth-order valence-corrected chi connectivity index (χ4v) is 5.47. The number of nitrogens with zero attached hydrogens (tertiary/aromatic N) is 3. The largest absolute Gasteiger partial charge is 0.497 e. The number of carbonyl (C=O) groups is 1. The fraction of sp³-hybridized carbons (Fsp3) is 0.160. The Morgan fingerprint density at radius 1 is 0.892 bits per heavy atom. The zero-order valence-electron chi connectivity index (χ0n) is 19.0. The molecule has 0 aliphatic carbocycles. The minimum absolute atomic E-state index is 0.120. The van der Waals surface area contributed by atoms with Gasteiger partial charge in [-0.2, -0.15) is 0 Å². The molecule has 12 heteroatoms. The standard InChI is InChI=1S/C25H17Cl4N3O4S/c1-34-16-6-2-13(3-7-16)22-23(36-20-9-5-15(27)11-18(20)29)24(33)32(22)25-31-30-21(37-25)12-35-19-8-4-14(26)10-17(19)28/h2-11,22-23H,12H2,1H3. The molecule has 1 aliphatic heterocycles. The monoisotopic (exact) mass is 595 g/mol. The van der Waals surface area contributed by atoms with Gasteiger partial charge in [0.15, 0.2) is 5.01 Å². The van der Waals surface area contributed by atoms with E-state index in [9.17, 15) is 4.79 Å². The van der Waals surface area contributed by atoms with Crippen LogP contribution in [0.15, 0.2) is 60.7 Å². The molecular formula is C25H17Cl4N3O4S. The molecule has 1 fully saturated rings. The lowest BCUT2D eigenvalue weighted by Crippen LogP contribution is -2.61. The summed E-state index contributed by atoms with van der Waals surface area (Å²) in [6, 6.07) is 16.7. The van der Waals surface area contributed by atoms with Crippen LogP contribution < -0.4 is 19.1 Å². The number of hydrogen-bond acceptors (Lipinski definition) is 7. The van der Waals surface area contributed by atoms with Gasteiger partial charge in [0.2, 0.25) is 11.2 Å². The maximum absolute atomic E-state index is 13.3. The summed E-state index contributed by atoms with van der Waals surface area (Å²) < 4.78 is 17.1. The molecule has 5 rings (SSSR count). The van der Waals surface area contributed by atoms with E-state index in [0.29, 0.717) is 47.5 Å². The number of β-lactam (4-membered cyclic amide) rings is 1. The minimum Gasteiger partial charge on any atom is -0.497 e. The van der Waals surface area contributed by atoms with E-state index < -0.39 is 12.1 Å². The van der Waals surface area contributed by atoms with E-state index in [1.807, 2.05) is 24.3 Å². The Kier molecular flexibility index (Phi) is 7.65. The van der Waals surface area contributed by atoms with Crippen molar-refractivity contribution in [1.82, 2.24) is 10.2 Å². The van der Waals surface area contributed by atoms with Crippen LogP contribution in [0.3, 0.4) is 0 Å². The van der Waals surface area contributed by atoms with Gasteiger partial charge in [-0.1, -0.05) is 69.9 Å². The SMILES string of the molecule is COc1ccc(C2C(Oc3ccc(Cl)cc3Cl)C(=O)N2c2nnc(COc3ccc(Cl)cc3Cl)s2)cc1. The van der Waals surface area contributed by atoms with E-state index in [1.165, 1.54) is 11.3 Å². The van der Waals surface area contributed by atoms with Crippen molar-refractivity contribution >= 4 is 68.8 Å². The van der Waals surface area contributed by atoms with Crippen LogP contribution in [0.4, 0.5) is 5.13 Å². The third kappa shape index (κ3) is 5.44. The van der Waals surface area contributed by atoms with E-state index in [4.69, 9.17) is 60.6 Å². The molecule has 0 N–H and O–H groups in total. The molecule has 1 saturated heterocycles. The molecule has 190 valence electrons. The lowest BCUT2D eigenvalue weighted by atomic mass is 9.91. The van der Waals surface area contributed by atoms with Gasteiger partial charge in [0, 0.05) is 10.0 Å². The highest BCUT2D eigenvalue weighted by Gasteiger charge is 2.52. The number of methoxy groups -OCH3 is 1. The van der Waals surface area contributed by atoms with Gasteiger partial charge in [-0.15, -0.1) is 10.2 Å². The molecule has 0 radical (unpaired) electrons. The number of amides is 1. The molecule has 3 aromatic carbocycles. The number of rotatable bonds is 8. The lowest BCUT2D eigenvalue weighted by molar-refractivity contribution is -0.135. The normalized spacial score (nSPS) is 16.9. The molecule has 0 bridgehead atoms. The van der Waals surface area contributed by atoms with Crippen LogP contribution in [0.2, 0.25) is 20.1 Å². The summed E-state index contributed by atoms with van der Waals surface area (Å²) in [7, 11) is 1.59. The molecular weight excluding hydrogens is 580 g/mol. The van der Waals surface area contributed by atoms with E-state index >= 15 is 0 Å². The molecule has 37 heavy (non-hydrogen) atoms. The average molecular weight is 597 g/mol. The van der Waals surface area contributed by atoms with Crippen LogP contribution in [0, 0.1) is 0 Å². The molecule has 1 amide bonds. The smallest absolute Gasteiger partial charge is 0.273 e. The van der Waals surface area contributed by atoms with Crippen LogP contribution in [-0.2, 0) is 11.4 Å². The zero-order valence-corrected chi connectivity index (χ0v) is 22.9. The van der Waals surface area contributed by atoms with Gasteiger partial charge < -0.3 is 14.2 Å². The third-order valence-corrected chi connectivity index (χ3v) is 7.52. The Labute approximate surface area is 236 Å². The lowest BCUT2D eigenvalue weighted by Gasteiger charge is -2.45. The molecule has 1 aliphatic rings. The number of aromatic nitrogens is 2. The number of anilines is 1. The summed E-state index contributed by atoms with van der Waals surface area (Å²) in [4.78, 5) is 14.8. The van der Waals surface area contributed by atoms with E-state index in [0.717, 1.165) is 5.56 Å². The van der Waals surface area contributed by atoms with Gasteiger partial charge in [0.05, 0.1) is 17.2 Å². The maximum atomic E-state index is 13.3. The predicted molar refractivity (Wildman–Crippen MR) is 145 cm³/mol. The van der Waals surface area contributed by atoms with Crippen molar-refractivity contribution in [3.63, 3.8) is 0 Å². The van der Waals surface area contributed by atoms with Crippen LogP contribution in [0.5, 0.6) is 17.2 Å². The molecule has 7 nitrogen and oxygen atoms in total.